The number of aromatic nitrogens is 15. The normalized spacial score (nSPS) is 9.67. The maximum atomic E-state index is 10.8. The zero-order valence-electron chi connectivity index (χ0n) is 61.8. The zero-order valence-corrected chi connectivity index (χ0v) is 66.7. The van der Waals surface area contributed by atoms with E-state index in [-0.39, 0.29) is 68.8 Å². The van der Waals surface area contributed by atoms with E-state index in [1.165, 1.54) is 41.5 Å². The molecule has 33 nitrogen and oxygen atoms in total. The number of hydrogen-bond donors (Lipinski definition) is 18. The highest BCUT2D eigenvalue weighted by atomic mass is 32.1. The van der Waals surface area contributed by atoms with Crippen LogP contribution in [0.15, 0.2) is 120 Å². The molecule has 582 valence electrons. The summed E-state index contributed by atoms with van der Waals surface area (Å²) in [5, 5.41) is 15.1. The minimum atomic E-state index is -0.197. The molecule has 108 heavy (non-hydrogen) atoms. The van der Waals surface area contributed by atoms with Crippen LogP contribution in [0.3, 0.4) is 0 Å². The molecule has 18 N–H and O–H groups in total. The number of nitrogens with one attached hydrogen (secondary N) is 18. The van der Waals surface area contributed by atoms with Gasteiger partial charge in [-0.25, -0.2) is 15.0 Å². The molecule has 9 aromatic rings. The standard InChI is InChI=1S/3C9H11N3O2.6C7H10N2OS/c3*1-6(13)10-8-4-3-5-9(12-8)11-7(2)14;6*1-2-3-5-4-6(10)9-7(11)8-5/h3*3-5H,1-2H3,(H2,10,11,12,13,14);6*4H,2-3H2,1H3,(H2,8,9,10,11). The lowest BCUT2D eigenvalue weighted by Gasteiger charge is -2.04. The zero-order chi connectivity index (χ0) is 81.3. The highest BCUT2D eigenvalue weighted by Gasteiger charge is 2.04. The van der Waals surface area contributed by atoms with Crippen molar-refractivity contribution < 1.29 is 28.8 Å². The van der Waals surface area contributed by atoms with Crippen molar-refractivity contribution in [1.29, 1.82) is 0 Å². The molecule has 9 rings (SSSR count). The summed E-state index contributed by atoms with van der Waals surface area (Å²) in [6.07, 6.45) is 11.3. The molecule has 0 unspecified atom stereocenters. The first-order chi connectivity index (χ1) is 51.0. The van der Waals surface area contributed by atoms with Crippen molar-refractivity contribution >= 4 is 144 Å². The summed E-state index contributed by atoms with van der Waals surface area (Å²) in [5.41, 5.74) is 4.66. The smallest absolute Gasteiger partial charge is 0.251 e. The number of nitrogens with zero attached hydrogens (tertiary/aromatic N) is 3. The molecular weight excluding hydrogens is 1510 g/mol. The van der Waals surface area contributed by atoms with E-state index in [9.17, 15) is 57.5 Å². The Kier molecular flexibility index (Phi) is 47.1. The van der Waals surface area contributed by atoms with Crippen molar-refractivity contribution in [3.63, 3.8) is 0 Å². The maximum absolute atomic E-state index is 10.8. The predicted molar refractivity (Wildman–Crippen MR) is 436 cm³/mol. The molecule has 9 aromatic heterocycles. The van der Waals surface area contributed by atoms with Crippen LogP contribution in [0.2, 0.25) is 0 Å². The summed E-state index contributed by atoms with van der Waals surface area (Å²) < 4.78 is 2.42. The van der Waals surface area contributed by atoms with Crippen molar-refractivity contribution in [3.8, 4) is 0 Å². The van der Waals surface area contributed by atoms with Gasteiger partial charge in [-0.1, -0.05) is 98.3 Å². The molecule has 0 fully saturated rings. The van der Waals surface area contributed by atoms with Crippen LogP contribution >= 0.6 is 73.3 Å². The molecule has 6 amide bonds. The van der Waals surface area contributed by atoms with Gasteiger partial charge in [0.05, 0.1) is 0 Å². The van der Waals surface area contributed by atoms with Crippen LogP contribution < -0.4 is 65.3 Å². The van der Waals surface area contributed by atoms with Gasteiger partial charge in [-0.2, -0.15) is 0 Å². The highest BCUT2D eigenvalue weighted by Crippen LogP contribution is 2.11. The second-order valence-electron chi connectivity index (χ2n) is 22.5. The predicted octanol–water partition coefficient (Wildman–Crippen LogP) is 11.3. The third-order valence-corrected chi connectivity index (χ3v) is 13.3. The minimum Gasteiger partial charge on any atom is -0.336 e. The lowest BCUT2D eigenvalue weighted by molar-refractivity contribution is -0.115. The van der Waals surface area contributed by atoms with Gasteiger partial charge in [0.25, 0.3) is 33.4 Å². The van der Waals surface area contributed by atoms with Crippen molar-refractivity contribution in [2.24, 2.45) is 0 Å². The summed E-state index contributed by atoms with van der Waals surface area (Å²) in [6.45, 7) is 20.7. The summed E-state index contributed by atoms with van der Waals surface area (Å²) in [5.74, 6) is 1.34. The Hall–Kier alpha value is -11.1. The van der Waals surface area contributed by atoms with E-state index in [1.807, 2.05) is 0 Å². The number of pyridine rings is 3. The Bertz CT molecular complexity index is 4160. The largest absolute Gasteiger partial charge is 0.336 e. The van der Waals surface area contributed by atoms with Crippen molar-refractivity contribution in [2.45, 2.75) is 160 Å². The Morgan fingerprint density at radius 3 is 0.491 bits per heavy atom. The summed E-state index contributed by atoms with van der Waals surface area (Å²) in [7, 11) is 0. The first-order valence-electron chi connectivity index (χ1n) is 33.6. The molecule has 0 aliphatic rings. The molecule has 39 heteroatoms. The molecule has 0 spiro atoms. The number of aryl methyl sites for hydroxylation is 6. The van der Waals surface area contributed by atoms with E-state index in [1.54, 1.807) is 91.0 Å². The molecule has 9 heterocycles. The van der Waals surface area contributed by atoms with Gasteiger partial charge in [-0.15, -0.1) is 0 Å². The number of anilines is 6. The minimum absolute atomic E-state index is 0.128. The maximum Gasteiger partial charge on any atom is 0.251 e. The topological polar surface area (TPSA) is 505 Å². The van der Waals surface area contributed by atoms with E-state index in [0.29, 0.717) is 63.5 Å². The fourth-order valence-electron chi connectivity index (χ4n) is 8.34. The lowest BCUT2D eigenvalue weighted by atomic mass is 10.2. The van der Waals surface area contributed by atoms with Crippen molar-refractivity contribution in [2.75, 3.05) is 31.9 Å². The van der Waals surface area contributed by atoms with Gasteiger partial charge in [0.15, 0.2) is 28.6 Å². The second kappa shape index (κ2) is 53.6. The number of H-pyrrole nitrogens is 12. The van der Waals surface area contributed by atoms with Crippen molar-refractivity contribution in [1.82, 2.24) is 74.8 Å². The van der Waals surface area contributed by atoms with E-state index >= 15 is 0 Å². The average Bonchev–Trinajstić information content (AvgIpc) is 0.977. The number of carbonyl (C=O) groups excluding carboxylic acids is 6. The fourth-order valence-corrected chi connectivity index (χ4v) is 9.73. The summed E-state index contributed by atoms with van der Waals surface area (Å²) >= 11 is 28.7. The number of rotatable bonds is 18. The van der Waals surface area contributed by atoms with Gasteiger partial charge in [-0.3, -0.25) is 87.4 Å². The fraction of sp³-hybridized carbons (Fsp3) is 0.348. The number of aromatic amines is 12. The van der Waals surface area contributed by atoms with E-state index in [4.69, 9.17) is 73.3 Å². The van der Waals surface area contributed by atoms with Crippen LogP contribution in [0.5, 0.6) is 0 Å². The Morgan fingerprint density at radius 1 is 0.259 bits per heavy atom. The second-order valence-corrected chi connectivity index (χ2v) is 24.9. The molecule has 0 bridgehead atoms. The first kappa shape index (κ1) is 94.9. The Balaban J connectivity index is 0.000000609. The molecule has 0 radical (unpaired) electrons. The van der Waals surface area contributed by atoms with Gasteiger partial charge < -0.3 is 61.8 Å². The lowest BCUT2D eigenvalue weighted by Crippen LogP contribution is -2.11. The molecule has 0 saturated carbocycles. The van der Waals surface area contributed by atoms with Crippen LogP contribution in [0.4, 0.5) is 34.9 Å². The van der Waals surface area contributed by atoms with E-state index < -0.39 is 0 Å². The molecule has 0 aliphatic heterocycles. The summed E-state index contributed by atoms with van der Waals surface area (Å²) in [6, 6.07) is 24.2. The van der Waals surface area contributed by atoms with Crippen LogP contribution in [-0.4, -0.2) is 110 Å². The summed E-state index contributed by atoms with van der Waals surface area (Å²) in [4.78, 5) is 174. The van der Waals surface area contributed by atoms with Crippen LogP contribution in [0, 0.1) is 28.6 Å². The van der Waals surface area contributed by atoms with Gasteiger partial charge in [0, 0.05) is 112 Å². The quantitative estimate of drug-likeness (QED) is 0.0355. The van der Waals surface area contributed by atoms with Gasteiger partial charge in [-0.05, 0) is 148 Å². The highest BCUT2D eigenvalue weighted by molar-refractivity contribution is 7.72. The first-order valence-corrected chi connectivity index (χ1v) is 36.0. The Labute approximate surface area is 651 Å². The van der Waals surface area contributed by atoms with E-state index in [2.05, 4.69) is 148 Å². The monoisotopic (exact) mass is 1600 g/mol. The number of amides is 6. The van der Waals surface area contributed by atoms with Crippen LogP contribution in [0.1, 0.15) is 156 Å². The van der Waals surface area contributed by atoms with Gasteiger partial charge in [0.1, 0.15) is 34.9 Å². The van der Waals surface area contributed by atoms with Gasteiger partial charge in [0.2, 0.25) is 35.4 Å². The number of hydrogen-bond acceptors (Lipinski definition) is 21. The number of carbonyl (C=O) groups is 6. The molecule has 0 saturated heterocycles. The Morgan fingerprint density at radius 2 is 0.389 bits per heavy atom. The third kappa shape index (κ3) is 47.4. The van der Waals surface area contributed by atoms with E-state index in [0.717, 1.165) is 111 Å². The van der Waals surface area contributed by atoms with Crippen LogP contribution in [0.25, 0.3) is 0 Å². The molecular formula is C69H93N21O12S6. The average molecular weight is 1600 g/mol. The van der Waals surface area contributed by atoms with Crippen LogP contribution in [-0.2, 0) is 67.3 Å². The molecule has 0 atom stereocenters. The van der Waals surface area contributed by atoms with Crippen molar-refractivity contribution in [3.05, 3.63) is 216 Å². The molecule has 0 aliphatic carbocycles. The third-order valence-electron chi connectivity index (χ3n) is 12.1. The molecule has 0 aromatic carbocycles. The van der Waals surface area contributed by atoms with Gasteiger partial charge >= 0.3 is 0 Å². The SMILES string of the molecule is CC(=O)Nc1cccc(NC(C)=O)n1.CC(=O)Nc1cccc(NC(C)=O)n1.CC(=O)Nc1cccc(NC(C)=O)n1.CCCc1cc(=O)[nH]c(=S)[nH]1.CCCc1cc(=O)[nH]c(=S)[nH]1.CCCc1cc(=O)[nH]c(=S)[nH]1.CCCc1cc(=O)[nH]c(=S)[nH]1.CCCc1cc(=O)[nH]c(=S)[nH]1.CCCc1cc(=O)[nH]c(=S)[nH]1.